The van der Waals surface area contributed by atoms with Crippen molar-refractivity contribution in [3.05, 3.63) is 29.3 Å². The van der Waals surface area contributed by atoms with Gasteiger partial charge >= 0.3 is 24.1 Å². The van der Waals surface area contributed by atoms with E-state index in [-0.39, 0.29) is 6.07 Å². The highest BCUT2D eigenvalue weighted by atomic mass is 19.4. The van der Waals surface area contributed by atoms with Crippen molar-refractivity contribution in [2.75, 3.05) is 5.32 Å². The molecule has 3 N–H and O–H groups in total. The van der Waals surface area contributed by atoms with Crippen molar-refractivity contribution in [2.24, 2.45) is 5.73 Å². The maximum atomic E-state index is 13.4. The van der Waals surface area contributed by atoms with Gasteiger partial charge in [0.15, 0.2) is 0 Å². The predicted molar refractivity (Wildman–Crippen MR) is 54.5 cm³/mol. The Labute approximate surface area is 115 Å². The third-order valence-electron chi connectivity index (χ3n) is 2.40. The molecule has 0 saturated heterocycles. The summed E-state index contributed by atoms with van der Waals surface area (Å²) >= 11 is 0. The number of carbonyl (C=O) groups is 1. The molecule has 0 fully saturated rings. The topological polar surface area (TPSA) is 55.1 Å². The van der Waals surface area contributed by atoms with Crippen LogP contribution in [-0.4, -0.2) is 18.1 Å². The summed E-state index contributed by atoms with van der Waals surface area (Å²) in [5.41, 5.74) is 0.901. The first kappa shape index (κ1) is 17.9. The fourth-order valence-electron chi connectivity index (χ4n) is 1.36. The zero-order valence-corrected chi connectivity index (χ0v) is 10.0. The van der Waals surface area contributed by atoms with Crippen LogP contribution in [0.2, 0.25) is 0 Å². The van der Waals surface area contributed by atoms with E-state index in [1.165, 1.54) is 5.32 Å². The summed E-state index contributed by atoms with van der Waals surface area (Å²) in [7, 11) is 0. The van der Waals surface area contributed by atoms with E-state index in [0.717, 1.165) is 0 Å². The lowest BCUT2D eigenvalue weighted by atomic mass is 10.0. The monoisotopic (exact) mass is 340 g/mol. The number of anilines is 1. The second-order valence-electron chi connectivity index (χ2n) is 3.95. The lowest BCUT2D eigenvalue weighted by Crippen LogP contribution is -2.50. The molecule has 0 aromatic heterocycles. The summed E-state index contributed by atoms with van der Waals surface area (Å²) in [5, 5.41) is 1.43. The highest BCUT2D eigenvalue weighted by molar-refractivity contribution is 5.87. The number of rotatable bonds is 3. The van der Waals surface area contributed by atoms with Crippen LogP contribution in [0, 0.1) is 11.6 Å². The molecule has 22 heavy (non-hydrogen) atoms. The molecule has 2 amide bonds. The number of nitrogens with one attached hydrogen (secondary N) is 1. The van der Waals surface area contributed by atoms with Gasteiger partial charge in [0.1, 0.15) is 11.6 Å². The maximum Gasteiger partial charge on any atom is 0.460 e. The quantitative estimate of drug-likeness (QED) is 0.809. The number of amides is 2. The molecular formula is C10H5F9N2O. The lowest BCUT2D eigenvalue weighted by Gasteiger charge is -2.28. The highest BCUT2D eigenvalue weighted by Crippen LogP contribution is 2.52. The van der Waals surface area contributed by atoms with E-state index in [0.29, 0.717) is 0 Å². The maximum absolute atomic E-state index is 13.4. The van der Waals surface area contributed by atoms with Crippen LogP contribution in [-0.2, 0) is 5.92 Å². The number of urea groups is 1. The van der Waals surface area contributed by atoms with E-state index in [9.17, 15) is 44.3 Å². The zero-order valence-electron chi connectivity index (χ0n) is 10.0. The molecule has 0 unspecified atom stereocenters. The minimum absolute atomic E-state index is 0.199. The minimum atomic E-state index is -6.70. The zero-order chi connectivity index (χ0) is 17.5. The smallest absolute Gasteiger partial charge is 0.351 e. The number of primary amides is 1. The van der Waals surface area contributed by atoms with Gasteiger partial charge in [-0.25, -0.2) is 13.6 Å². The molecular weight excluding hydrogens is 335 g/mol. The molecule has 0 heterocycles. The molecule has 3 nitrogen and oxygen atoms in total. The van der Waals surface area contributed by atoms with E-state index in [1.54, 1.807) is 0 Å². The molecule has 0 aliphatic heterocycles. The van der Waals surface area contributed by atoms with Crippen molar-refractivity contribution in [1.29, 1.82) is 0 Å². The molecule has 12 heteroatoms. The average Bonchev–Trinajstić information content (AvgIpc) is 2.30. The van der Waals surface area contributed by atoms with Crippen LogP contribution in [0.4, 0.5) is 50.0 Å². The minimum Gasteiger partial charge on any atom is -0.351 e. The Morgan fingerprint density at radius 2 is 1.45 bits per heavy atom. The Balaban J connectivity index is 3.44. The van der Waals surface area contributed by atoms with Gasteiger partial charge in [0, 0.05) is 6.07 Å². The molecule has 0 atom stereocenters. The average molecular weight is 340 g/mol. The molecule has 0 aliphatic carbocycles. The van der Waals surface area contributed by atoms with Crippen LogP contribution < -0.4 is 11.1 Å². The van der Waals surface area contributed by atoms with Crippen LogP contribution in [0.1, 0.15) is 5.56 Å². The number of halogens is 9. The summed E-state index contributed by atoms with van der Waals surface area (Å²) in [4.78, 5) is 10.4. The van der Waals surface area contributed by atoms with E-state index < -0.39 is 53.0 Å². The number of hydrogen-bond donors (Lipinski definition) is 2. The van der Waals surface area contributed by atoms with Crippen molar-refractivity contribution in [1.82, 2.24) is 0 Å². The van der Waals surface area contributed by atoms with Crippen molar-refractivity contribution in [3.63, 3.8) is 0 Å². The molecule has 0 radical (unpaired) electrons. The third-order valence-corrected chi connectivity index (χ3v) is 2.40. The number of alkyl halides is 7. The van der Waals surface area contributed by atoms with Crippen LogP contribution in [0.25, 0.3) is 0 Å². The first-order valence-electron chi connectivity index (χ1n) is 5.10. The van der Waals surface area contributed by atoms with Gasteiger partial charge in [-0.05, 0) is 6.07 Å². The summed E-state index contributed by atoms with van der Waals surface area (Å²) in [5.74, 6) is -16.9. The van der Waals surface area contributed by atoms with Gasteiger partial charge in [-0.3, -0.25) is 0 Å². The van der Waals surface area contributed by atoms with E-state index in [1.807, 2.05) is 0 Å². The Morgan fingerprint density at radius 1 is 0.955 bits per heavy atom. The Kier molecular flexibility index (Phi) is 4.27. The highest BCUT2D eigenvalue weighted by Gasteiger charge is 2.74. The predicted octanol–water partition coefficient (Wildman–Crippen LogP) is 3.74. The molecule has 0 aliphatic rings. The summed E-state index contributed by atoms with van der Waals surface area (Å²) in [6, 6.07) is -2.23. The number of benzene rings is 1. The fraction of sp³-hybridized carbons (Fsp3) is 0.300. The van der Waals surface area contributed by atoms with Gasteiger partial charge in [0.2, 0.25) is 0 Å². The van der Waals surface area contributed by atoms with Gasteiger partial charge in [0.25, 0.3) is 0 Å². The summed E-state index contributed by atoms with van der Waals surface area (Å²) in [6.07, 6.45) is -6.70. The van der Waals surface area contributed by atoms with E-state index >= 15 is 0 Å². The van der Waals surface area contributed by atoms with E-state index in [2.05, 4.69) is 5.73 Å². The standard InChI is InChI=1S/C10H5F9N2O/c11-4-2-6(21-7(20)22)5(12)1-3(4)8(13,14)9(15,16)10(17,18)19/h1-2H,(H3,20,21,22). The SMILES string of the molecule is NC(=O)Nc1cc(F)c(C(F)(F)C(F)(F)C(F)(F)F)cc1F. The molecule has 0 saturated carbocycles. The molecule has 1 rings (SSSR count). The van der Waals surface area contributed by atoms with Gasteiger partial charge in [-0.2, -0.15) is 30.7 Å². The van der Waals surface area contributed by atoms with Gasteiger partial charge in [-0.15, -0.1) is 0 Å². The van der Waals surface area contributed by atoms with Crippen molar-refractivity contribution < 1.29 is 44.3 Å². The third kappa shape index (κ3) is 2.90. The van der Waals surface area contributed by atoms with Crippen molar-refractivity contribution >= 4 is 11.7 Å². The Morgan fingerprint density at radius 3 is 1.86 bits per heavy atom. The normalized spacial score (nSPS) is 13.1. The van der Waals surface area contributed by atoms with E-state index in [4.69, 9.17) is 0 Å². The molecule has 1 aromatic rings. The van der Waals surface area contributed by atoms with Crippen LogP contribution in [0.15, 0.2) is 12.1 Å². The van der Waals surface area contributed by atoms with Crippen LogP contribution in [0.3, 0.4) is 0 Å². The number of carbonyl (C=O) groups excluding carboxylic acids is 1. The number of hydrogen-bond acceptors (Lipinski definition) is 1. The Bertz CT molecular complexity index is 597. The van der Waals surface area contributed by atoms with Gasteiger partial charge < -0.3 is 11.1 Å². The van der Waals surface area contributed by atoms with Crippen molar-refractivity contribution in [2.45, 2.75) is 18.0 Å². The van der Waals surface area contributed by atoms with Crippen molar-refractivity contribution in [3.8, 4) is 0 Å². The summed E-state index contributed by atoms with van der Waals surface area (Å²) in [6.45, 7) is 0. The van der Waals surface area contributed by atoms with Crippen LogP contribution in [0.5, 0.6) is 0 Å². The largest absolute Gasteiger partial charge is 0.460 e. The summed E-state index contributed by atoms with van der Waals surface area (Å²) < 4.78 is 115. The Hall–Kier alpha value is -2.14. The number of nitrogens with two attached hydrogens (primary N) is 1. The van der Waals surface area contributed by atoms with Gasteiger partial charge in [0.05, 0.1) is 11.3 Å². The first-order valence-corrected chi connectivity index (χ1v) is 5.10. The second-order valence-corrected chi connectivity index (χ2v) is 3.95. The van der Waals surface area contributed by atoms with Gasteiger partial charge in [-0.1, -0.05) is 0 Å². The molecule has 124 valence electrons. The molecule has 0 bridgehead atoms. The lowest BCUT2D eigenvalue weighted by molar-refractivity contribution is -0.360. The fourth-order valence-corrected chi connectivity index (χ4v) is 1.36. The van der Waals surface area contributed by atoms with Crippen LogP contribution >= 0.6 is 0 Å². The first-order chi connectivity index (χ1) is 9.71. The second kappa shape index (κ2) is 5.25. The molecule has 1 aromatic carbocycles. The molecule has 0 spiro atoms.